The zero-order valence-corrected chi connectivity index (χ0v) is 31.2. The van der Waals surface area contributed by atoms with Gasteiger partial charge < -0.3 is 9.52 Å². The van der Waals surface area contributed by atoms with Crippen molar-refractivity contribution in [2.24, 2.45) is 36.1 Å². The molecule has 4 aliphatic rings. The number of fused-ring (bicyclic) bond motifs is 5. The van der Waals surface area contributed by atoms with Gasteiger partial charge >= 0.3 is 0 Å². The predicted molar refractivity (Wildman–Crippen MR) is 201 cm³/mol. The summed E-state index contributed by atoms with van der Waals surface area (Å²) in [6.45, 7) is 5.53. The molecule has 0 radical (unpaired) electrons. The van der Waals surface area contributed by atoms with E-state index in [9.17, 15) is 24.3 Å². The number of aryl methyl sites for hydroxylation is 3. The molecule has 1 N–H and O–H groups in total. The minimum absolute atomic E-state index is 0.219. The van der Waals surface area contributed by atoms with E-state index in [1.807, 2.05) is 69.3 Å². The molecular weight excluding hydrogens is 712 g/mol. The normalized spacial score (nSPS) is 26.8. The summed E-state index contributed by atoms with van der Waals surface area (Å²) in [6.07, 6.45) is 3.37. The van der Waals surface area contributed by atoms with Crippen LogP contribution in [0.5, 0.6) is 0 Å². The molecule has 5 aromatic rings. The third-order valence-corrected chi connectivity index (χ3v) is 13.7. The van der Waals surface area contributed by atoms with Gasteiger partial charge in [0.2, 0.25) is 23.6 Å². The fourth-order valence-electron chi connectivity index (χ4n) is 9.52. The number of allylic oxidation sites excluding steroid dienone is 2. The SMILES string of the molecule is CCc1ccc(N2C(=O)C3CC=C4C(CC5C(=O)N(c6cc(-c7sc8ccc(Cl)cc8c7C)nn6C)C(=O)C5(C)C4c4ccc(CO)o4)C3C2=O)cc1. The van der Waals surface area contributed by atoms with Crippen LogP contribution in [0.4, 0.5) is 11.5 Å². The van der Waals surface area contributed by atoms with Crippen LogP contribution in [0, 0.1) is 36.0 Å². The lowest BCUT2D eigenvalue weighted by Crippen LogP contribution is -2.48. The molecule has 3 fully saturated rings. The van der Waals surface area contributed by atoms with E-state index in [1.54, 1.807) is 41.3 Å². The van der Waals surface area contributed by atoms with Gasteiger partial charge in [-0.15, -0.1) is 11.3 Å². The van der Waals surface area contributed by atoms with Crippen LogP contribution in [0.25, 0.3) is 20.7 Å². The molecule has 12 heteroatoms. The molecule has 3 aromatic heterocycles. The molecule has 0 spiro atoms. The number of benzene rings is 2. The van der Waals surface area contributed by atoms with E-state index in [4.69, 9.17) is 21.1 Å². The van der Waals surface area contributed by atoms with Crippen LogP contribution in [-0.2, 0) is 39.3 Å². The number of hydrogen-bond donors (Lipinski definition) is 1. The second kappa shape index (κ2) is 12.1. The van der Waals surface area contributed by atoms with Gasteiger partial charge in [0.05, 0.1) is 39.7 Å². The van der Waals surface area contributed by atoms with E-state index >= 15 is 0 Å². The summed E-state index contributed by atoms with van der Waals surface area (Å²) >= 11 is 7.88. The lowest BCUT2D eigenvalue weighted by Gasteiger charge is -2.48. The van der Waals surface area contributed by atoms with Gasteiger partial charge in [-0.2, -0.15) is 5.10 Å². The molecule has 0 bridgehead atoms. The van der Waals surface area contributed by atoms with Crippen molar-refractivity contribution in [3.8, 4) is 10.6 Å². The minimum Gasteiger partial charge on any atom is -0.463 e. The Labute approximate surface area is 314 Å². The number of amides is 4. The number of hydrogen-bond acceptors (Lipinski definition) is 8. The highest BCUT2D eigenvalue weighted by atomic mass is 35.5. The molecule has 2 aliphatic heterocycles. The van der Waals surface area contributed by atoms with Gasteiger partial charge in [-0.1, -0.05) is 42.3 Å². The second-order valence-electron chi connectivity index (χ2n) is 14.9. The quantitative estimate of drug-likeness (QED) is 0.142. The van der Waals surface area contributed by atoms with Gasteiger partial charge in [0.15, 0.2) is 0 Å². The van der Waals surface area contributed by atoms with E-state index in [0.29, 0.717) is 40.2 Å². The first-order chi connectivity index (χ1) is 25.5. The molecule has 270 valence electrons. The Morgan fingerprint density at radius 3 is 2.47 bits per heavy atom. The highest BCUT2D eigenvalue weighted by Crippen LogP contribution is 2.64. The number of aliphatic hydroxyl groups excluding tert-OH is 1. The van der Waals surface area contributed by atoms with Crippen molar-refractivity contribution < 1.29 is 28.7 Å². The summed E-state index contributed by atoms with van der Waals surface area (Å²) in [5, 5.41) is 16.4. The van der Waals surface area contributed by atoms with Crippen LogP contribution in [-0.4, -0.2) is 38.5 Å². The molecule has 2 aliphatic carbocycles. The topological polar surface area (TPSA) is 126 Å². The van der Waals surface area contributed by atoms with Crippen LogP contribution in [0.15, 0.2) is 76.7 Å². The largest absolute Gasteiger partial charge is 0.463 e. The Kier molecular flexibility index (Phi) is 7.75. The van der Waals surface area contributed by atoms with Crippen molar-refractivity contribution in [2.45, 2.75) is 52.6 Å². The van der Waals surface area contributed by atoms with Crippen LogP contribution < -0.4 is 9.80 Å². The summed E-state index contributed by atoms with van der Waals surface area (Å²) < 4.78 is 8.78. The summed E-state index contributed by atoms with van der Waals surface area (Å²) in [5.74, 6) is -3.49. The first-order valence-electron chi connectivity index (χ1n) is 17.9. The summed E-state index contributed by atoms with van der Waals surface area (Å²) in [7, 11) is 1.72. The van der Waals surface area contributed by atoms with E-state index in [2.05, 4.69) is 0 Å². The maximum atomic E-state index is 15.0. The van der Waals surface area contributed by atoms with Crippen LogP contribution in [0.1, 0.15) is 55.3 Å². The first-order valence-corrected chi connectivity index (χ1v) is 19.1. The van der Waals surface area contributed by atoms with Gasteiger partial charge in [0, 0.05) is 22.8 Å². The highest BCUT2D eigenvalue weighted by molar-refractivity contribution is 7.22. The highest BCUT2D eigenvalue weighted by Gasteiger charge is 2.68. The molecule has 4 amide bonds. The second-order valence-corrected chi connectivity index (χ2v) is 16.4. The van der Waals surface area contributed by atoms with Crippen molar-refractivity contribution in [1.82, 2.24) is 9.78 Å². The molecule has 6 unspecified atom stereocenters. The summed E-state index contributed by atoms with van der Waals surface area (Å²) in [4.78, 5) is 61.6. The molecule has 1 saturated carbocycles. The smallest absolute Gasteiger partial charge is 0.242 e. The zero-order chi connectivity index (χ0) is 37.1. The van der Waals surface area contributed by atoms with E-state index in [1.165, 1.54) is 9.80 Å². The van der Waals surface area contributed by atoms with Crippen LogP contribution in [0.3, 0.4) is 0 Å². The van der Waals surface area contributed by atoms with E-state index in [0.717, 1.165) is 38.1 Å². The third kappa shape index (κ3) is 4.76. The number of halogens is 1. The molecule has 9 rings (SSSR count). The van der Waals surface area contributed by atoms with Gasteiger partial charge in [0.1, 0.15) is 29.6 Å². The average Bonchev–Trinajstić information content (AvgIpc) is 3.95. The number of furan rings is 1. The Balaban J connectivity index is 1.13. The number of aliphatic hydroxyl groups is 1. The van der Waals surface area contributed by atoms with Crippen LogP contribution >= 0.6 is 22.9 Å². The number of imide groups is 2. The molecule has 10 nitrogen and oxygen atoms in total. The zero-order valence-electron chi connectivity index (χ0n) is 29.6. The number of nitrogens with zero attached hydrogens (tertiary/aromatic N) is 4. The Hall–Kier alpha value is -4.84. The molecule has 6 atom stereocenters. The van der Waals surface area contributed by atoms with Gasteiger partial charge in [-0.3, -0.25) is 28.8 Å². The minimum atomic E-state index is -1.28. The molecule has 5 heterocycles. The van der Waals surface area contributed by atoms with Crippen molar-refractivity contribution in [1.29, 1.82) is 0 Å². The number of aromatic nitrogens is 2. The maximum absolute atomic E-state index is 15.0. The monoisotopic (exact) mass is 748 g/mol. The molecule has 2 saturated heterocycles. The molecular formula is C41H37ClN4O6S. The Bertz CT molecular complexity index is 2420. The molecule has 2 aromatic carbocycles. The van der Waals surface area contributed by atoms with Crippen LogP contribution in [0.2, 0.25) is 5.02 Å². The lowest BCUT2D eigenvalue weighted by atomic mass is 9.52. The predicted octanol–water partition coefficient (Wildman–Crippen LogP) is 7.35. The van der Waals surface area contributed by atoms with Crippen molar-refractivity contribution in [2.75, 3.05) is 9.80 Å². The van der Waals surface area contributed by atoms with Gasteiger partial charge in [0.25, 0.3) is 0 Å². The summed E-state index contributed by atoms with van der Waals surface area (Å²) in [5.41, 5.74) is 2.81. The number of carbonyl (C=O) groups excluding carboxylic acids is 4. The number of rotatable bonds is 6. The molecule has 53 heavy (non-hydrogen) atoms. The first kappa shape index (κ1) is 34.0. The van der Waals surface area contributed by atoms with Crippen molar-refractivity contribution in [3.05, 3.63) is 100.0 Å². The number of anilines is 2. The fraction of sp³-hybridized carbons (Fsp3) is 0.341. The average molecular weight is 749 g/mol. The van der Waals surface area contributed by atoms with Crippen molar-refractivity contribution >= 4 is 68.2 Å². The summed E-state index contributed by atoms with van der Waals surface area (Å²) in [6, 6.07) is 18.4. The third-order valence-electron chi connectivity index (χ3n) is 12.2. The van der Waals surface area contributed by atoms with E-state index < -0.39 is 35.0 Å². The number of carbonyl (C=O) groups is 4. The fourth-order valence-corrected chi connectivity index (χ4v) is 10.8. The van der Waals surface area contributed by atoms with Gasteiger partial charge in [-0.05, 0) is 98.0 Å². The van der Waals surface area contributed by atoms with E-state index in [-0.39, 0.29) is 36.7 Å². The maximum Gasteiger partial charge on any atom is 0.242 e. The van der Waals surface area contributed by atoms with Gasteiger partial charge in [-0.25, -0.2) is 4.90 Å². The Morgan fingerprint density at radius 2 is 1.75 bits per heavy atom. The number of thiophene rings is 1. The Morgan fingerprint density at radius 1 is 0.981 bits per heavy atom. The standard InChI is InChI=1S/C41H37ClN4O6S/c1-5-21-6-9-23(10-7-21)45-37(48)26-13-12-25-28(34(26)39(45)50)17-29-38(49)46(40(51)41(29,3)35(25)31-14-11-24(19-47)52-31)33-18-30(43-44(33)4)36-20(2)27-16-22(42)8-15-32(27)53-36/h6-12,14-16,18,26,28-29,34-35,47H,5,13,17,19H2,1-4H3. The lowest BCUT2D eigenvalue weighted by molar-refractivity contribution is -0.131. The van der Waals surface area contributed by atoms with Crippen molar-refractivity contribution in [3.63, 3.8) is 0 Å².